The van der Waals surface area contributed by atoms with Crippen molar-refractivity contribution in [2.45, 2.75) is 19.5 Å². The van der Waals surface area contributed by atoms with Gasteiger partial charge in [-0.3, -0.25) is 0 Å². The molecular formula is C23H19F2N3O3. The first-order valence-electron chi connectivity index (χ1n) is 9.93. The number of alkyl halides is 2. The van der Waals surface area contributed by atoms with E-state index >= 15 is 0 Å². The Morgan fingerprint density at radius 1 is 1.03 bits per heavy atom. The minimum absolute atomic E-state index is 0.00520. The number of phenols is 1. The Morgan fingerprint density at radius 2 is 1.90 bits per heavy atom. The molecule has 1 N–H and O–H groups in total. The molecule has 158 valence electrons. The molecule has 6 nitrogen and oxygen atoms in total. The summed E-state index contributed by atoms with van der Waals surface area (Å²) in [5.41, 5.74) is 3.47. The van der Waals surface area contributed by atoms with Crippen LogP contribution in [0.4, 0.5) is 8.78 Å². The van der Waals surface area contributed by atoms with Crippen molar-refractivity contribution in [2.75, 3.05) is 6.61 Å². The predicted molar refractivity (Wildman–Crippen MR) is 110 cm³/mol. The quantitative estimate of drug-likeness (QED) is 0.445. The molecule has 5 rings (SSSR count). The summed E-state index contributed by atoms with van der Waals surface area (Å²) < 4.78 is 37.7. The van der Waals surface area contributed by atoms with Crippen molar-refractivity contribution in [2.24, 2.45) is 5.92 Å². The standard InChI is InChI=1S/C23H19F2N3O3/c24-23(25)31-20-7-6-16(11-21(20)30-13-14-4-5-14)19-8-9-26-22-12-18(27-28(19)22)15-2-1-3-17(29)10-15/h1-3,6-12,14,23,29H,4-5,13H2. The van der Waals surface area contributed by atoms with Gasteiger partial charge in [-0.1, -0.05) is 12.1 Å². The Balaban J connectivity index is 1.55. The molecule has 0 aliphatic heterocycles. The molecule has 1 fully saturated rings. The number of ether oxygens (including phenoxy) is 2. The lowest BCUT2D eigenvalue weighted by Gasteiger charge is -2.14. The molecule has 2 aromatic heterocycles. The second-order valence-electron chi connectivity index (χ2n) is 7.47. The number of aromatic nitrogens is 3. The largest absolute Gasteiger partial charge is 0.508 e. The average Bonchev–Trinajstić information content (AvgIpc) is 3.48. The summed E-state index contributed by atoms with van der Waals surface area (Å²) in [5, 5.41) is 14.4. The van der Waals surface area contributed by atoms with Crippen LogP contribution in [0.5, 0.6) is 17.2 Å². The van der Waals surface area contributed by atoms with Crippen LogP contribution in [-0.4, -0.2) is 32.9 Å². The minimum atomic E-state index is -2.93. The zero-order valence-electron chi connectivity index (χ0n) is 16.4. The molecule has 0 atom stereocenters. The maximum atomic E-state index is 12.8. The molecule has 1 aliphatic rings. The normalized spacial score (nSPS) is 13.6. The van der Waals surface area contributed by atoms with Gasteiger partial charge < -0.3 is 14.6 Å². The molecule has 2 aromatic carbocycles. The second-order valence-corrected chi connectivity index (χ2v) is 7.47. The zero-order valence-corrected chi connectivity index (χ0v) is 16.4. The van der Waals surface area contributed by atoms with E-state index in [1.165, 1.54) is 6.07 Å². The molecule has 0 saturated heterocycles. The lowest BCUT2D eigenvalue weighted by molar-refractivity contribution is -0.0515. The van der Waals surface area contributed by atoms with Crippen LogP contribution in [0.3, 0.4) is 0 Å². The van der Waals surface area contributed by atoms with Gasteiger partial charge in [0.1, 0.15) is 5.75 Å². The van der Waals surface area contributed by atoms with Crippen molar-refractivity contribution in [3.63, 3.8) is 0 Å². The van der Waals surface area contributed by atoms with E-state index in [9.17, 15) is 13.9 Å². The molecule has 0 unspecified atom stereocenters. The molecule has 1 saturated carbocycles. The number of halogens is 2. The van der Waals surface area contributed by atoms with E-state index in [1.807, 2.05) is 12.1 Å². The van der Waals surface area contributed by atoms with Crippen LogP contribution >= 0.6 is 0 Å². The fraction of sp³-hybridized carbons (Fsp3) is 0.217. The number of aromatic hydroxyl groups is 1. The molecule has 0 spiro atoms. The Bertz CT molecular complexity index is 1240. The number of rotatable bonds is 7. The summed E-state index contributed by atoms with van der Waals surface area (Å²) in [6.07, 6.45) is 3.83. The monoisotopic (exact) mass is 423 g/mol. The highest BCUT2D eigenvalue weighted by atomic mass is 19.3. The van der Waals surface area contributed by atoms with Crippen molar-refractivity contribution in [3.05, 3.63) is 60.8 Å². The predicted octanol–water partition coefficient (Wildman–Crippen LogP) is 5.16. The molecule has 0 amide bonds. The fourth-order valence-electron chi connectivity index (χ4n) is 3.39. The van der Waals surface area contributed by atoms with E-state index in [0.29, 0.717) is 23.9 Å². The van der Waals surface area contributed by atoms with Crippen LogP contribution in [0.2, 0.25) is 0 Å². The van der Waals surface area contributed by atoms with Gasteiger partial charge in [-0.15, -0.1) is 0 Å². The van der Waals surface area contributed by atoms with E-state index in [0.717, 1.165) is 29.7 Å². The molecule has 0 radical (unpaired) electrons. The van der Waals surface area contributed by atoms with Gasteiger partial charge >= 0.3 is 6.61 Å². The van der Waals surface area contributed by atoms with Crippen molar-refractivity contribution < 1.29 is 23.4 Å². The van der Waals surface area contributed by atoms with Gasteiger partial charge in [-0.2, -0.15) is 13.9 Å². The van der Waals surface area contributed by atoms with Crippen molar-refractivity contribution >= 4 is 5.65 Å². The maximum Gasteiger partial charge on any atom is 0.387 e. The minimum Gasteiger partial charge on any atom is -0.508 e. The number of benzene rings is 2. The SMILES string of the molecule is Oc1cccc(-c2cc3nccc(-c4ccc(OC(F)F)c(OCC5CC5)c4)n3n2)c1. The Hall–Kier alpha value is -3.68. The summed E-state index contributed by atoms with van der Waals surface area (Å²) in [7, 11) is 0. The summed E-state index contributed by atoms with van der Waals surface area (Å²) in [6.45, 7) is -2.46. The van der Waals surface area contributed by atoms with Gasteiger partial charge in [0, 0.05) is 23.4 Å². The highest BCUT2D eigenvalue weighted by molar-refractivity contribution is 5.70. The van der Waals surface area contributed by atoms with Crippen LogP contribution in [0, 0.1) is 5.92 Å². The van der Waals surface area contributed by atoms with Crippen molar-refractivity contribution in [1.82, 2.24) is 14.6 Å². The number of phenolic OH excluding ortho intramolecular Hbond substituents is 1. The average molecular weight is 423 g/mol. The first-order chi connectivity index (χ1) is 15.1. The summed E-state index contributed by atoms with van der Waals surface area (Å²) >= 11 is 0. The highest BCUT2D eigenvalue weighted by Gasteiger charge is 2.23. The third-order valence-electron chi connectivity index (χ3n) is 5.13. The third-order valence-corrected chi connectivity index (χ3v) is 5.13. The number of hydrogen-bond acceptors (Lipinski definition) is 5. The molecule has 31 heavy (non-hydrogen) atoms. The van der Waals surface area contributed by atoms with Gasteiger partial charge in [0.25, 0.3) is 0 Å². The molecule has 2 heterocycles. The van der Waals surface area contributed by atoms with Gasteiger partial charge in [0.15, 0.2) is 17.1 Å². The number of nitrogens with zero attached hydrogens (tertiary/aromatic N) is 3. The molecule has 0 bridgehead atoms. The topological polar surface area (TPSA) is 68.9 Å². The van der Waals surface area contributed by atoms with Gasteiger partial charge in [0.2, 0.25) is 0 Å². The van der Waals surface area contributed by atoms with Crippen LogP contribution in [0.15, 0.2) is 60.8 Å². The van der Waals surface area contributed by atoms with E-state index in [-0.39, 0.29) is 17.2 Å². The summed E-state index contributed by atoms with van der Waals surface area (Å²) in [6, 6.07) is 15.3. The number of hydrogen-bond donors (Lipinski definition) is 1. The molecular weight excluding hydrogens is 404 g/mol. The van der Waals surface area contributed by atoms with E-state index in [2.05, 4.69) is 14.8 Å². The van der Waals surface area contributed by atoms with E-state index < -0.39 is 6.61 Å². The number of fused-ring (bicyclic) bond motifs is 1. The third kappa shape index (κ3) is 4.14. The maximum absolute atomic E-state index is 12.8. The van der Waals surface area contributed by atoms with Gasteiger partial charge in [-0.25, -0.2) is 9.50 Å². The Labute approximate surface area is 176 Å². The van der Waals surface area contributed by atoms with Crippen LogP contribution in [0.1, 0.15) is 12.8 Å². The van der Waals surface area contributed by atoms with Crippen LogP contribution in [0.25, 0.3) is 28.2 Å². The summed E-state index contributed by atoms with van der Waals surface area (Å²) in [5.74, 6) is 0.891. The van der Waals surface area contributed by atoms with Crippen molar-refractivity contribution in [1.29, 1.82) is 0 Å². The molecule has 1 aliphatic carbocycles. The van der Waals surface area contributed by atoms with Gasteiger partial charge in [-0.05, 0) is 55.2 Å². The smallest absolute Gasteiger partial charge is 0.387 e. The van der Waals surface area contributed by atoms with E-state index in [4.69, 9.17) is 4.74 Å². The second kappa shape index (κ2) is 7.86. The summed E-state index contributed by atoms with van der Waals surface area (Å²) in [4.78, 5) is 4.37. The lowest BCUT2D eigenvalue weighted by Crippen LogP contribution is -2.06. The molecule has 8 heteroatoms. The highest BCUT2D eigenvalue weighted by Crippen LogP contribution is 2.36. The Kier molecular flexibility index (Phi) is 4.89. The van der Waals surface area contributed by atoms with Crippen LogP contribution in [-0.2, 0) is 0 Å². The Morgan fingerprint density at radius 3 is 2.68 bits per heavy atom. The lowest BCUT2D eigenvalue weighted by atomic mass is 10.1. The zero-order chi connectivity index (χ0) is 21.4. The first kappa shape index (κ1) is 19.3. The van der Waals surface area contributed by atoms with Crippen LogP contribution < -0.4 is 9.47 Å². The van der Waals surface area contributed by atoms with E-state index in [1.54, 1.807) is 47.1 Å². The van der Waals surface area contributed by atoms with Crippen molar-refractivity contribution in [3.8, 4) is 39.8 Å². The fourth-order valence-corrected chi connectivity index (χ4v) is 3.39. The van der Waals surface area contributed by atoms with Gasteiger partial charge in [0.05, 0.1) is 18.0 Å². The first-order valence-corrected chi connectivity index (χ1v) is 9.93. The molecule has 4 aromatic rings.